The number of amides is 1. The maximum Gasteiger partial charge on any atom is 0.289 e. The summed E-state index contributed by atoms with van der Waals surface area (Å²) in [6.07, 6.45) is 6.60. The Hall–Kier alpha value is -2.32. The van der Waals surface area contributed by atoms with E-state index < -0.39 is 9.84 Å². The summed E-state index contributed by atoms with van der Waals surface area (Å²) in [6.45, 7) is 3.36. The number of methoxy groups -OCH3 is 1. The van der Waals surface area contributed by atoms with Crippen molar-refractivity contribution in [2.75, 3.05) is 33.3 Å². The van der Waals surface area contributed by atoms with E-state index >= 15 is 0 Å². The highest BCUT2D eigenvalue weighted by Gasteiger charge is 2.31. The quantitative estimate of drug-likeness (QED) is 0.732. The average molecular weight is 448 g/mol. The molecule has 2 fully saturated rings. The number of rotatable bonds is 6. The lowest BCUT2D eigenvalue weighted by atomic mass is 9.94. The number of benzene rings is 1. The number of piperazine rings is 1. The van der Waals surface area contributed by atoms with E-state index in [0.717, 1.165) is 19.1 Å². The van der Waals surface area contributed by atoms with E-state index in [9.17, 15) is 13.2 Å². The minimum atomic E-state index is -3.57. The van der Waals surface area contributed by atoms with Crippen LogP contribution in [0.15, 0.2) is 45.7 Å². The molecule has 0 bridgehead atoms. The molecule has 7 nitrogen and oxygen atoms in total. The fraction of sp³-hybridized carbons (Fsp3) is 0.522. The first-order valence-electron chi connectivity index (χ1n) is 11.1. The van der Waals surface area contributed by atoms with Crippen LogP contribution in [0.1, 0.15) is 48.4 Å². The van der Waals surface area contributed by atoms with E-state index in [1.807, 2.05) is 4.90 Å². The number of nitrogens with zero attached hydrogens (tertiary/aromatic N) is 1. The number of sulfone groups is 1. The molecule has 1 amide bonds. The van der Waals surface area contributed by atoms with Crippen molar-refractivity contribution in [3.63, 3.8) is 0 Å². The third-order valence-electron chi connectivity index (χ3n) is 6.50. The van der Waals surface area contributed by atoms with Crippen LogP contribution in [0.5, 0.6) is 5.75 Å². The molecule has 1 aliphatic heterocycles. The van der Waals surface area contributed by atoms with Gasteiger partial charge in [-0.2, -0.15) is 0 Å². The van der Waals surface area contributed by atoms with Gasteiger partial charge in [-0.3, -0.25) is 4.79 Å². The zero-order chi connectivity index (χ0) is 21.8. The summed E-state index contributed by atoms with van der Waals surface area (Å²) in [7, 11) is -2.04. The van der Waals surface area contributed by atoms with Crippen LogP contribution in [0, 0.1) is 0 Å². The second-order valence-corrected chi connectivity index (χ2v) is 10.5. The number of ether oxygens (including phenoxy) is 1. The van der Waals surface area contributed by atoms with Gasteiger partial charge >= 0.3 is 0 Å². The summed E-state index contributed by atoms with van der Waals surface area (Å²) >= 11 is 0. The van der Waals surface area contributed by atoms with Gasteiger partial charge in [0, 0.05) is 0 Å². The summed E-state index contributed by atoms with van der Waals surface area (Å²) < 4.78 is 36.1. The molecule has 4 rings (SSSR count). The van der Waals surface area contributed by atoms with Crippen LogP contribution in [0.2, 0.25) is 0 Å². The molecule has 1 aliphatic carbocycles. The molecule has 168 valence electrons. The van der Waals surface area contributed by atoms with Crippen molar-refractivity contribution in [2.24, 2.45) is 0 Å². The number of hydrogen-bond donors (Lipinski definition) is 1. The minimum absolute atomic E-state index is 0.157. The van der Waals surface area contributed by atoms with Crippen molar-refractivity contribution in [1.82, 2.24) is 4.90 Å². The topological polar surface area (TPSA) is 81.3 Å². The van der Waals surface area contributed by atoms with Crippen molar-refractivity contribution in [3.05, 3.63) is 47.9 Å². The Kier molecular flexibility index (Phi) is 6.67. The van der Waals surface area contributed by atoms with Gasteiger partial charge in [-0.25, -0.2) is 8.42 Å². The molecule has 2 aromatic rings. The number of nitrogens with one attached hydrogen (secondary N) is 1. The molecule has 1 N–H and O–H groups in total. The predicted molar refractivity (Wildman–Crippen MR) is 116 cm³/mol. The van der Waals surface area contributed by atoms with Gasteiger partial charge in [-0.1, -0.05) is 6.42 Å². The van der Waals surface area contributed by atoms with Gasteiger partial charge in [0.2, 0.25) is 0 Å². The second kappa shape index (κ2) is 9.44. The third kappa shape index (κ3) is 5.13. The fourth-order valence-electron chi connectivity index (χ4n) is 4.70. The van der Waals surface area contributed by atoms with Crippen molar-refractivity contribution in [2.45, 2.75) is 48.8 Å². The number of carbonyl (C=O) groups excluding carboxylic acids is 1. The van der Waals surface area contributed by atoms with Gasteiger partial charge in [-0.05, 0) is 62.1 Å². The molecule has 0 spiro atoms. The van der Waals surface area contributed by atoms with E-state index in [0.29, 0.717) is 18.8 Å². The van der Waals surface area contributed by atoms with Crippen LogP contribution in [0.25, 0.3) is 0 Å². The molecule has 1 saturated carbocycles. The Bertz CT molecular complexity index is 985. The molecular formula is C23H31N2O5S+. The highest BCUT2D eigenvalue weighted by molar-refractivity contribution is 7.90. The first-order chi connectivity index (χ1) is 15.0. The monoisotopic (exact) mass is 447 g/mol. The van der Waals surface area contributed by atoms with Crippen LogP contribution in [0.3, 0.4) is 0 Å². The van der Waals surface area contributed by atoms with Crippen LogP contribution in [-0.2, 0) is 15.6 Å². The standard InChI is InChI=1S/C23H30N2O5S/c1-29-19-7-10-21(11-8-19)31(27,28)17-20-9-12-22(30-20)23(26)25-15-13-24(14-16-25)18-5-3-2-4-6-18/h7-12,18H,2-6,13-17H2,1H3/p+1. The lowest BCUT2D eigenvalue weighted by Crippen LogP contribution is -3.18. The molecule has 1 aromatic carbocycles. The van der Waals surface area contributed by atoms with Crippen molar-refractivity contribution >= 4 is 15.7 Å². The molecule has 0 atom stereocenters. The largest absolute Gasteiger partial charge is 0.497 e. The Balaban J connectivity index is 1.35. The summed E-state index contributed by atoms with van der Waals surface area (Å²) in [5.41, 5.74) is 0. The molecule has 0 unspecified atom stereocenters. The average Bonchev–Trinajstić information content (AvgIpc) is 3.27. The number of carbonyl (C=O) groups is 1. The van der Waals surface area contributed by atoms with Gasteiger partial charge in [0.25, 0.3) is 5.91 Å². The van der Waals surface area contributed by atoms with Crippen LogP contribution < -0.4 is 9.64 Å². The Morgan fingerprint density at radius 2 is 1.74 bits per heavy atom. The number of furan rings is 1. The third-order valence-corrected chi connectivity index (χ3v) is 8.15. The Labute approximate surface area is 183 Å². The lowest BCUT2D eigenvalue weighted by molar-refractivity contribution is -0.930. The molecule has 1 aromatic heterocycles. The summed E-state index contributed by atoms with van der Waals surface area (Å²) in [5, 5.41) is 0. The van der Waals surface area contributed by atoms with Crippen molar-refractivity contribution in [3.8, 4) is 5.75 Å². The van der Waals surface area contributed by atoms with Gasteiger partial charge in [0.05, 0.1) is 44.2 Å². The number of hydrogen-bond acceptors (Lipinski definition) is 5. The normalized spacial score (nSPS) is 18.8. The SMILES string of the molecule is COc1ccc(S(=O)(=O)Cc2ccc(C(=O)N3CC[NH+](C4CCCCC4)CC3)o2)cc1. The Morgan fingerprint density at radius 3 is 2.39 bits per heavy atom. The van der Waals surface area contributed by atoms with E-state index in [1.165, 1.54) is 51.3 Å². The van der Waals surface area contributed by atoms with E-state index in [2.05, 4.69) is 0 Å². The van der Waals surface area contributed by atoms with Crippen LogP contribution >= 0.6 is 0 Å². The van der Waals surface area contributed by atoms with E-state index in [-0.39, 0.29) is 28.1 Å². The summed E-state index contributed by atoms with van der Waals surface area (Å²) in [5.74, 6) is 0.629. The van der Waals surface area contributed by atoms with Gasteiger partial charge < -0.3 is 19.0 Å². The van der Waals surface area contributed by atoms with Gasteiger partial charge in [0.15, 0.2) is 15.6 Å². The van der Waals surface area contributed by atoms with Gasteiger partial charge in [0.1, 0.15) is 17.3 Å². The molecule has 2 aliphatic rings. The number of quaternary nitrogens is 1. The molecule has 2 heterocycles. The minimum Gasteiger partial charge on any atom is -0.497 e. The highest BCUT2D eigenvalue weighted by atomic mass is 32.2. The summed E-state index contributed by atoms with van der Waals surface area (Å²) in [6, 6.07) is 10.1. The van der Waals surface area contributed by atoms with Crippen LogP contribution in [0.4, 0.5) is 0 Å². The fourth-order valence-corrected chi connectivity index (χ4v) is 5.94. The molecule has 8 heteroatoms. The highest BCUT2D eigenvalue weighted by Crippen LogP contribution is 2.21. The van der Waals surface area contributed by atoms with E-state index in [1.54, 1.807) is 29.2 Å². The van der Waals surface area contributed by atoms with Crippen molar-refractivity contribution < 1.29 is 27.3 Å². The Morgan fingerprint density at radius 1 is 1.06 bits per heavy atom. The zero-order valence-corrected chi connectivity index (χ0v) is 18.8. The van der Waals surface area contributed by atoms with Gasteiger partial charge in [-0.15, -0.1) is 0 Å². The molecule has 0 radical (unpaired) electrons. The predicted octanol–water partition coefficient (Wildman–Crippen LogP) is 1.94. The molecule has 1 saturated heterocycles. The maximum atomic E-state index is 12.9. The van der Waals surface area contributed by atoms with Crippen molar-refractivity contribution in [1.29, 1.82) is 0 Å². The second-order valence-electron chi connectivity index (χ2n) is 8.49. The molecular weight excluding hydrogens is 416 g/mol. The first-order valence-corrected chi connectivity index (χ1v) is 12.7. The van der Waals surface area contributed by atoms with E-state index in [4.69, 9.17) is 9.15 Å². The molecule has 31 heavy (non-hydrogen) atoms. The lowest BCUT2D eigenvalue weighted by Gasteiger charge is -2.37. The summed E-state index contributed by atoms with van der Waals surface area (Å²) in [4.78, 5) is 16.5. The first kappa shape index (κ1) is 21.9. The zero-order valence-electron chi connectivity index (χ0n) is 18.0. The maximum absolute atomic E-state index is 12.9. The smallest absolute Gasteiger partial charge is 0.289 e. The van der Waals surface area contributed by atoms with Crippen LogP contribution in [-0.4, -0.2) is 58.6 Å².